The van der Waals surface area contributed by atoms with E-state index in [9.17, 15) is 4.79 Å². The predicted octanol–water partition coefficient (Wildman–Crippen LogP) is 2.99. The molecule has 0 bridgehead atoms. The van der Waals surface area contributed by atoms with Crippen LogP contribution in [0.4, 0.5) is 0 Å². The molecular formula is C19H20N4O2. The SMILES string of the molecule is COc1cc(C(=O)N2CCC[C@@H](c3ccn[nH]3)C2)c2ccccc2n1. The summed E-state index contributed by atoms with van der Waals surface area (Å²) in [4.78, 5) is 19.6. The van der Waals surface area contributed by atoms with Crippen molar-refractivity contribution in [2.75, 3.05) is 20.2 Å². The molecule has 0 unspecified atom stereocenters. The molecular weight excluding hydrogens is 316 g/mol. The van der Waals surface area contributed by atoms with Crippen LogP contribution in [0.15, 0.2) is 42.6 Å². The highest BCUT2D eigenvalue weighted by molar-refractivity contribution is 6.06. The average Bonchev–Trinajstić information content (AvgIpc) is 3.21. The maximum atomic E-state index is 13.2. The lowest BCUT2D eigenvalue weighted by atomic mass is 9.94. The Morgan fingerprint density at radius 3 is 3.00 bits per heavy atom. The van der Waals surface area contributed by atoms with E-state index in [0.717, 1.165) is 36.0 Å². The fourth-order valence-corrected chi connectivity index (χ4v) is 3.51. The summed E-state index contributed by atoms with van der Waals surface area (Å²) in [5, 5.41) is 7.93. The van der Waals surface area contributed by atoms with Crippen molar-refractivity contribution in [3.8, 4) is 5.88 Å². The Morgan fingerprint density at radius 1 is 1.32 bits per heavy atom. The van der Waals surface area contributed by atoms with Crippen LogP contribution in [-0.2, 0) is 0 Å². The zero-order valence-corrected chi connectivity index (χ0v) is 14.1. The number of ether oxygens (including phenoxy) is 1. The van der Waals surface area contributed by atoms with Crippen LogP contribution in [0, 0.1) is 0 Å². The lowest BCUT2D eigenvalue weighted by Gasteiger charge is -2.32. The summed E-state index contributed by atoms with van der Waals surface area (Å²) in [6.45, 7) is 1.46. The van der Waals surface area contributed by atoms with Crippen LogP contribution in [0.25, 0.3) is 10.9 Å². The third-order valence-electron chi connectivity index (χ3n) is 4.80. The van der Waals surface area contributed by atoms with Crippen molar-refractivity contribution in [2.24, 2.45) is 0 Å². The molecule has 0 spiro atoms. The van der Waals surface area contributed by atoms with Crippen LogP contribution < -0.4 is 4.74 Å². The van der Waals surface area contributed by atoms with Gasteiger partial charge in [-0.25, -0.2) is 4.98 Å². The van der Waals surface area contributed by atoms with Crippen molar-refractivity contribution in [3.63, 3.8) is 0 Å². The normalized spacial score (nSPS) is 17.6. The van der Waals surface area contributed by atoms with Gasteiger partial charge in [0.15, 0.2) is 0 Å². The Morgan fingerprint density at radius 2 is 2.20 bits per heavy atom. The number of aromatic amines is 1. The Bertz CT molecular complexity index is 892. The summed E-state index contributed by atoms with van der Waals surface area (Å²) in [7, 11) is 1.57. The van der Waals surface area contributed by atoms with Gasteiger partial charge in [-0.2, -0.15) is 5.10 Å². The molecule has 2 aromatic heterocycles. The standard InChI is InChI=1S/C19H20N4O2/c1-25-18-11-15(14-6-2-3-7-17(14)21-18)19(24)23-10-4-5-13(12-23)16-8-9-20-22-16/h2-3,6-9,11,13H,4-5,10,12H2,1H3,(H,20,22)/t13-/m1/s1. The van der Waals surface area contributed by atoms with Crippen molar-refractivity contribution in [3.05, 3.63) is 53.9 Å². The van der Waals surface area contributed by atoms with E-state index in [1.54, 1.807) is 19.4 Å². The van der Waals surface area contributed by atoms with Crippen molar-refractivity contribution in [2.45, 2.75) is 18.8 Å². The highest BCUT2D eigenvalue weighted by Crippen LogP contribution is 2.28. The van der Waals surface area contributed by atoms with Gasteiger partial charge in [0.2, 0.25) is 5.88 Å². The van der Waals surface area contributed by atoms with Crippen LogP contribution >= 0.6 is 0 Å². The van der Waals surface area contributed by atoms with Crippen LogP contribution in [0.2, 0.25) is 0 Å². The Kier molecular flexibility index (Phi) is 4.09. The molecule has 1 atom stereocenters. The van der Waals surface area contributed by atoms with Gasteiger partial charge in [0.05, 0.1) is 18.2 Å². The van der Waals surface area contributed by atoms with Crippen molar-refractivity contribution in [1.29, 1.82) is 0 Å². The fourth-order valence-electron chi connectivity index (χ4n) is 3.51. The number of pyridine rings is 1. The first-order valence-electron chi connectivity index (χ1n) is 8.48. The minimum absolute atomic E-state index is 0.0288. The number of carbonyl (C=O) groups excluding carboxylic acids is 1. The van der Waals surface area contributed by atoms with Crippen molar-refractivity contribution < 1.29 is 9.53 Å². The molecule has 1 saturated heterocycles. The summed E-state index contributed by atoms with van der Waals surface area (Å²) in [5.41, 5.74) is 2.51. The summed E-state index contributed by atoms with van der Waals surface area (Å²) < 4.78 is 5.29. The molecule has 0 radical (unpaired) electrons. The van der Waals surface area contributed by atoms with Gasteiger partial charge >= 0.3 is 0 Å². The van der Waals surface area contributed by atoms with Gasteiger partial charge in [-0.3, -0.25) is 9.89 Å². The van der Waals surface area contributed by atoms with Gasteiger partial charge in [0, 0.05) is 42.4 Å². The number of para-hydroxylation sites is 1. The maximum absolute atomic E-state index is 13.2. The summed E-state index contributed by atoms with van der Waals surface area (Å²) >= 11 is 0. The Hall–Kier alpha value is -2.89. The van der Waals surface area contributed by atoms with Crippen molar-refractivity contribution >= 4 is 16.8 Å². The van der Waals surface area contributed by atoms with E-state index in [0.29, 0.717) is 23.9 Å². The summed E-state index contributed by atoms with van der Waals surface area (Å²) in [5.74, 6) is 0.792. The molecule has 0 saturated carbocycles. The van der Waals surface area contributed by atoms with Crippen LogP contribution in [0.5, 0.6) is 5.88 Å². The molecule has 1 aliphatic rings. The van der Waals surface area contributed by atoms with E-state index in [4.69, 9.17) is 4.74 Å². The molecule has 1 aliphatic heterocycles. The smallest absolute Gasteiger partial charge is 0.254 e. The minimum Gasteiger partial charge on any atom is -0.481 e. The van der Waals surface area contributed by atoms with E-state index in [1.807, 2.05) is 35.2 Å². The number of methoxy groups -OCH3 is 1. The molecule has 0 aliphatic carbocycles. The summed E-state index contributed by atoms with van der Waals surface area (Å²) in [6, 6.07) is 11.4. The first-order valence-corrected chi connectivity index (χ1v) is 8.48. The zero-order valence-electron chi connectivity index (χ0n) is 14.1. The monoisotopic (exact) mass is 336 g/mol. The van der Waals surface area contributed by atoms with Gasteiger partial charge in [-0.1, -0.05) is 18.2 Å². The van der Waals surface area contributed by atoms with E-state index < -0.39 is 0 Å². The molecule has 1 aromatic carbocycles. The Balaban J connectivity index is 1.67. The number of nitrogens with zero attached hydrogens (tertiary/aromatic N) is 3. The molecule has 3 aromatic rings. The molecule has 1 N–H and O–H groups in total. The number of amides is 1. The zero-order chi connectivity index (χ0) is 17.2. The van der Waals surface area contributed by atoms with Gasteiger partial charge in [0.25, 0.3) is 5.91 Å². The number of nitrogens with one attached hydrogen (secondary N) is 1. The third-order valence-corrected chi connectivity index (χ3v) is 4.80. The average molecular weight is 336 g/mol. The largest absolute Gasteiger partial charge is 0.481 e. The van der Waals surface area contributed by atoms with E-state index in [1.165, 1.54) is 0 Å². The molecule has 4 rings (SSSR count). The molecule has 128 valence electrons. The maximum Gasteiger partial charge on any atom is 0.254 e. The third kappa shape index (κ3) is 2.95. The highest BCUT2D eigenvalue weighted by Gasteiger charge is 2.27. The highest BCUT2D eigenvalue weighted by atomic mass is 16.5. The first-order chi connectivity index (χ1) is 12.3. The second kappa shape index (κ2) is 6.55. The summed E-state index contributed by atoms with van der Waals surface area (Å²) in [6.07, 6.45) is 3.80. The number of piperidine rings is 1. The minimum atomic E-state index is 0.0288. The fraction of sp³-hybridized carbons (Fsp3) is 0.316. The topological polar surface area (TPSA) is 71.1 Å². The van der Waals surface area contributed by atoms with E-state index in [-0.39, 0.29) is 5.91 Å². The number of carbonyl (C=O) groups is 1. The van der Waals surface area contributed by atoms with Crippen LogP contribution in [0.1, 0.15) is 34.8 Å². The number of H-pyrrole nitrogens is 1. The molecule has 6 heteroatoms. The number of rotatable bonds is 3. The van der Waals surface area contributed by atoms with Gasteiger partial charge in [-0.15, -0.1) is 0 Å². The molecule has 3 heterocycles. The quantitative estimate of drug-likeness (QED) is 0.798. The Labute approximate surface area is 145 Å². The van der Waals surface area contributed by atoms with Crippen LogP contribution in [0.3, 0.4) is 0 Å². The molecule has 1 amide bonds. The second-order valence-corrected chi connectivity index (χ2v) is 6.33. The lowest BCUT2D eigenvalue weighted by molar-refractivity contribution is 0.0707. The number of likely N-dealkylation sites (tertiary alicyclic amines) is 1. The number of hydrogen-bond acceptors (Lipinski definition) is 4. The van der Waals surface area contributed by atoms with Gasteiger partial charge < -0.3 is 9.64 Å². The number of aromatic nitrogens is 3. The first kappa shape index (κ1) is 15.6. The number of fused-ring (bicyclic) bond motifs is 1. The molecule has 25 heavy (non-hydrogen) atoms. The van der Waals surface area contributed by atoms with Gasteiger partial charge in [0.1, 0.15) is 0 Å². The van der Waals surface area contributed by atoms with Crippen molar-refractivity contribution in [1.82, 2.24) is 20.1 Å². The number of benzene rings is 1. The number of hydrogen-bond donors (Lipinski definition) is 1. The molecule has 1 fully saturated rings. The molecule has 6 nitrogen and oxygen atoms in total. The second-order valence-electron chi connectivity index (χ2n) is 6.33. The van der Waals surface area contributed by atoms with E-state index in [2.05, 4.69) is 15.2 Å². The predicted molar refractivity (Wildman–Crippen MR) is 94.8 cm³/mol. The lowest BCUT2D eigenvalue weighted by Crippen LogP contribution is -2.39. The van der Waals surface area contributed by atoms with Gasteiger partial charge in [-0.05, 0) is 25.0 Å². The van der Waals surface area contributed by atoms with E-state index >= 15 is 0 Å². The van der Waals surface area contributed by atoms with Crippen LogP contribution in [-0.4, -0.2) is 46.2 Å².